The Balaban J connectivity index is 1.51. The molecule has 122 valence electrons. The fraction of sp³-hybridized carbons (Fsp3) is 0.294. The lowest BCUT2D eigenvalue weighted by atomic mass is 10.2. The lowest BCUT2D eigenvalue weighted by Crippen LogP contribution is -2.49. The zero-order valence-electron chi connectivity index (χ0n) is 13.5. The molecule has 1 amide bonds. The number of fused-ring (bicyclic) bond motifs is 1. The van der Waals surface area contributed by atoms with Gasteiger partial charge < -0.3 is 9.80 Å². The molecule has 4 heterocycles. The standard InChI is InChI=1S/C17H18N6O/c1-13-3-2-4-15-19-20-17(23(13)15)22-11-9-21(10-12-22)16(24)14-5-7-18-8-6-14/h2-8H,9-12H2,1H3. The normalized spacial score (nSPS) is 15.0. The number of aryl methyl sites for hydroxylation is 1. The van der Waals surface area contributed by atoms with Crippen molar-refractivity contribution in [3.63, 3.8) is 0 Å². The number of nitrogens with zero attached hydrogens (tertiary/aromatic N) is 6. The predicted octanol–water partition coefficient (Wildman–Crippen LogP) is 1.40. The lowest BCUT2D eigenvalue weighted by molar-refractivity contribution is 0.0746. The SMILES string of the molecule is Cc1cccc2nnc(N3CCN(C(=O)c4ccncc4)CC3)n12. The van der Waals surface area contributed by atoms with Gasteiger partial charge in [-0.1, -0.05) is 6.07 Å². The zero-order valence-corrected chi connectivity index (χ0v) is 13.5. The molecule has 7 nitrogen and oxygen atoms in total. The van der Waals surface area contributed by atoms with Gasteiger partial charge in [-0.25, -0.2) is 0 Å². The van der Waals surface area contributed by atoms with Crippen LogP contribution >= 0.6 is 0 Å². The first-order valence-corrected chi connectivity index (χ1v) is 7.99. The van der Waals surface area contributed by atoms with Gasteiger partial charge in [-0.05, 0) is 31.2 Å². The minimum atomic E-state index is 0.0549. The van der Waals surface area contributed by atoms with E-state index >= 15 is 0 Å². The van der Waals surface area contributed by atoms with Crippen molar-refractivity contribution in [3.8, 4) is 0 Å². The molecule has 1 aliphatic heterocycles. The Morgan fingerprint density at radius 2 is 1.75 bits per heavy atom. The fourth-order valence-corrected chi connectivity index (χ4v) is 3.07. The van der Waals surface area contributed by atoms with E-state index in [1.807, 2.05) is 30.0 Å². The topological polar surface area (TPSA) is 66.6 Å². The summed E-state index contributed by atoms with van der Waals surface area (Å²) in [7, 11) is 0. The van der Waals surface area contributed by atoms with E-state index in [1.54, 1.807) is 24.5 Å². The summed E-state index contributed by atoms with van der Waals surface area (Å²) < 4.78 is 2.06. The van der Waals surface area contributed by atoms with Gasteiger partial charge in [-0.3, -0.25) is 14.2 Å². The average Bonchev–Trinajstić information content (AvgIpc) is 3.07. The van der Waals surface area contributed by atoms with Crippen molar-refractivity contribution in [1.82, 2.24) is 24.5 Å². The van der Waals surface area contributed by atoms with Gasteiger partial charge in [-0.2, -0.15) is 0 Å². The van der Waals surface area contributed by atoms with Gasteiger partial charge in [0, 0.05) is 49.8 Å². The summed E-state index contributed by atoms with van der Waals surface area (Å²) in [6.07, 6.45) is 3.29. The van der Waals surface area contributed by atoms with Gasteiger partial charge in [0.2, 0.25) is 5.95 Å². The minimum absolute atomic E-state index is 0.0549. The van der Waals surface area contributed by atoms with Crippen molar-refractivity contribution in [3.05, 3.63) is 54.0 Å². The largest absolute Gasteiger partial charge is 0.337 e. The highest BCUT2D eigenvalue weighted by Crippen LogP contribution is 2.18. The van der Waals surface area contributed by atoms with E-state index < -0.39 is 0 Å². The second-order valence-electron chi connectivity index (χ2n) is 5.88. The number of hydrogen-bond acceptors (Lipinski definition) is 5. The molecule has 0 spiro atoms. The number of rotatable bonds is 2. The molecule has 0 aromatic carbocycles. The van der Waals surface area contributed by atoms with Crippen LogP contribution in [0.3, 0.4) is 0 Å². The molecule has 1 saturated heterocycles. The molecule has 0 aliphatic carbocycles. The van der Waals surface area contributed by atoms with E-state index in [1.165, 1.54) is 0 Å². The predicted molar refractivity (Wildman–Crippen MR) is 90.1 cm³/mol. The molecule has 1 aliphatic rings. The lowest BCUT2D eigenvalue weighted by Gasteiger charge is -2.34. The van der Waals surface area contributed by atoms with Crippen molar-refractivity contribution < 1.29 is 4.79 Å². The summed E-state index contributed by atoms with van der Waals surface area (Å²) in [6, 6.07) is 9.48. The van der Waals surface area contributed by atoms with Crippen LogP contribution in [0.1, 0.15) is 16.1 Å². The Kier molecular flexibility index (Phi) is 3.60. The second kappa shape index (κ2) is 5.92. The average molecular weight is 322 g/mol. The number of carbonyl (C=O) groups is 1. The molecular weight excluding hydrogens is 304 g/mol. The highest BCUT2D eigenvalue weighted by atomic mass is 16.2. The van der Waals surface area contributed by atoms with E-state index in [0.29, 0.717) is 18.7 Å². The Hall–Kier alpha value is -2.96. The maximum Gasteiger partial charge on any atom is 0.254 e. The number of amides is 1. The number of piperazine rings is 1. The number of carbonyl (C=O) groups excluding carboxylic acids is 1. The highest BCUT2D eigenvalue weighted by Gasteiger charge is 2.24. The number of pyridine rings is 2. The molecule has 24 heavy (non-hydrogen) atoms. The van der Waals surface area contributed by atoms with Gasteiger partial charge in [-0.15, -0.1) is 10.2 Å². The highest BCUT2D eigenvalue weighted by molar-refractivity contribution is 5.94. The van der Waals surface area contributed by atoms with Crippen LogP contribution in [-0.2, 0) is 0 Å². The zero-order chi connectivity index (χ0) is 16.5. The Morgan fingerprint density at radius 1 is 1.00 bits per heavy atom. The first kappa shape index (κ1) is 14.6. The van der Waals surface area contributed by atoms with Crippen LogP contribution in [0.25, 0.3) is 5.65 Å². The number of anilines is 1. The third kappa shape index (κ3) is 2.47. The molecule has 1 fully saturated rings. The summed E-state index contributed by atoms with van der Waals surface area (Å²) >= 11 is 0. The number of hydrogen-bond donors (Lipinski definition) is 0. The molecule has 0 unspecified atom stereocenters. The molecular formula is C17H18N6O. The van der Waals surface area contributed by atoms with Crippen LogP contribution in [0.15, 0.2) is 42.7 Å². The Morgan fingerprint density at radius 3 is 2.50 bits per heavy atom. The Bertz CT molecular complexity index is 867. The molecule has 3 aromatic heterocycles. The molecule has 0 N–H and O–H groups in total. The van der Waals surface area contributed by atoms with Crippen LogP contribution < -0.4 is 4.90 Å². The molecule has 7 heteroatoms. The monoisotopic (exact) mass is 322 g/mol. The van der Waals surface area contributed by atoms with E-state index in [2.05, 4.69) is 24.5 Å². The molecule has 0 atom stereocenters. The van der Waals surface area contributed by atoms with Crippen molar-refractivity contribution in [2.24, 2.45) is 0 Å². The first-order valence-electron chi connectivity index (χ1n) is 7.99. The number of aromatic nitrogens is 4. The fourth-order valence-electron chi connectivity index (χ4n) is 3.07. The Labute approximate surface area is 139 Å². The van der Waals surface area contributed by atoms with Crippen LogP contribution in [0.4, 0.5) is 5.95 Å². The van der Waals surface area contributed by atoms with E-state index in [-0.39, 0.29) is 5.91 Å². The first-order chi connectivity index (χ1) is 11.7. The van der Waals surface area contributed by atoms with Gasteiger partial charge in [0.05, 0.1) is 0 Å². The van der Waals surface area contributed by atoms with Crippen molar-refractivity contribution >= 4 is 17.5 Å². The second-order valence-corrected chi connectivity index (χ2v) is 5.88. The van der Waals surface area contributed by atoms with Crippen LogP contribution in [0.2, 0.25) is 0 Å². The quantitative estimate of drug-likeness (QED) is 0.713. The van der Waals surface area contributed by atoms with Gasteiger partial charge in [0.1, 0.15) is 0 Å². The summed E-state index contributed by atoms with van der Waals surface area (Å²) in [5, 5.41) is 8.58. The van der Waals surface area contributed by atoms with Gasteiger partial charge >= 0.3 is 0 Å². The van der Waals surface area contributed by atoms with Crippen LogP contribution in [0, 0.1) is 6.92 Å². The smallest absolute Gasteiger partial charge is 0.254 e. The third-order valence-electron chi connectivity index (χ3n) is 4.38. The van der Waals surface area contributed by atoms with Crippen LogP contribution in [-0.4, -0.2) is 56.6 Å². The van der Waals surface area contributed by atoms with E-state index in [4.69, 9.17) is 0 Å². The van der Waals surface area contributed by atoms with Crippen LogP contribution in [0.5, 0.6) is 0 Å². The summed E-state index contributed by atoms with van der Waals surface area (Å²) in [4.78, 5) is 20.5. The van der Waals surface area contributed by atoms with E-state index in [9.17, 15) is 4.79 Å². The minimum Gasteiger partial charge on any atom is -0.337 e. The maximum absolute atomic E-state index is 12.5. The van der Waals surface area contributed by atoms with Gasteiger partial charge in [0.25, 0.3) is 5.91 Å². The van der Waals surface area contributed by atoms with Crippen molar-refractivity contribution in [1.29, 1.82) is 0 Å². The summed E-state index contributed by atoms with van der Waals surface area (Å²) in [5.41, 5.74) is 2.63. The maximum atomic E-state index is 12.5. The van der Waals surface area contributed by atoms with E-state index in [0.717, 1.165) is 30.4 Å². The molecule has 0 bridgehead atoms. The van der Waals surface area contributed by atoms with Crippen molar-refractivity contribution in [2.75, 3.05) is 31.1 Å². The third-order valence-corrected chi connectivity index (χ3v) is 4.38. The van der Waals surface area contributed by atoms with Crippen molar-refractivity contribution in [2.45, 2.75) is 6.92 Å². The molecule has 3 aromatic rings. The molecule has 4 rings (SSSR count). The summed E-state index contributed by atoms with van der Waals surface area (Å²) in [5.74, 6) is 0.901. The summed E-state index contributed by atoms with van der Waals surface area (Å²) in [6.45, 7) is 4.87. The molecule has 0 saturated carbocycles. The van der Waals surface area contributed by atoms with Gasteiger partial charge in [0.15, 0.2) is 5.65 Å². The molecule has 0 radical (unpaired) electrons.